The van der Waals surface area contributed by atoms with Crippen LogP contribution in [0.25, 0.3) is 0 Å². The van der Waals surface area contributed by atoms with Crippen LogP contribution in [0.2, 0.25) is 0 Å². The van der Waals surface area contributed by atoms with Crippen molar-refractivity contribution in [3.05, 3.63) is 47.3 Å². The van der Waals surface area contributed by atoms with Gasteiger partial charge >= 0.3 is 0 Å². The lowest BCUT2D eigenvalue weighted by Gasteiger charge is -2.20. The van der Waals surface area contributed by atoms with E-state index in [2.05, 4.69) is 4.98 Å². The zero-order chi connectivity index (χ0) is 13.1. The number of aryl methyl sites for hydroxylation is 1. The number of rotatable bonds is 4. The van der Waals surface area contributed by atoms with Crippen molar-refractivity contribution in [2.45, 2.75) is 20.0 Å². The average molecular weight is 249 g/mol. The van der Waals surface area contributed by atoms with Gasteiger partial charge in [0.25, 0.3) is 0 Å². The number of nitrogens with zero attached hydrogens (tertiary/aromatic N) is 2. The van der Waals surface area contributed by atoms with E-state index < -0.39 is 0 Å². The lowest BCUT2D eigenvalue weighted by molar-refractivity contribution is 0.529. The van der Waals surface area contributed by atoms with E-state index in [0.29, 0.717) is 17.9 Å². The van der Waals surface area contributed by atoms with E-state index in [0.717, 1.165) is 11.3 Å². The second-order valence-electron chi connectivity index (χ2n) is 4.20. The van der Waals surface area contributed by atoms with Gasteiger partial charge in [0.1, 0.15) is 17.4 Å². The topological polar surface area (TPSA) is 55.3 Å². The predicted octanol–water partition coefficient (Wildman–Crippen LogP) is 2.22. The van der Waals surface area contributed by atoms with E-state index in [-0.39, 0.29) is 12.4 Å². The van der Waals surface area contributed by atoms with Crippen molar-refractivity contribution >= 4 is 5.82 Å². The van der Waals surface area contributed by atoms with Gasteiger partial charge < -0.3 is 15.1 Å². The van der Waals surface area contributed by atoms with Crippen LogP contribution in [0.4, 0.5) is 10.2 Å². The molecule has 0 fully saturated rings. The summed E-state index contributed by atoms with van der Waals surface area (Å²) in [6.07, 6.45) is 2.85. The van der Waals surface area contributed by atoms with E-state index >= 15 is 0 Å². The molecule has 2 aromatic heterocycles. The van der Waals surface area contributed by atoms with Crippen molar-refractivity contribution in [3.63, 3.8) is 0 Å². The van der Waals surface area contributed by atoms with Crippen LogP contribution in [0.3, 0.4) is 0 Å². The summed E-state index contributed by atoms with van der Waals surface area (Å²) in [6.45, 7) is 2.81. The Morgan fingerprint density at radius 3 is 2.83 bits per heavy atom. The molecule has 0 aliphatic carbocycles. The third kappa shape index (κ3) is 2.51. The Morgan fingerprint density at radius 2 is 2.22 bits per heavy atom. The Labute approximate surface area is 105 Å². The summed E-state index contributed by atoms with van der Waals surface area (Å²) >= 11 is 0. The summed E-state index contributed by atoms with van der Waals surface area (Å²) in [5, 5.41) is 0. The third-order valence-corrected chi connectivity index (χ3v) is 2.86. The van der Waals surface area contributed by atoms with Crippen molar-refractivity contribution < 1.29 is 8.81 Å². The number of hydrogen-bond acceptors (Lipinski definition) is 4. The van der Waals surface area contributed by atoms with Crippen LogP contribution in [-0.4, -0.2) is 12.0 Å². The van der Waals surface area contributed by atoms with Gasteiger partial charge in [-0.25, -0.2) is 9.37 Å². The summed E-state index contributed by atoms with van der Waals surface area (Å²) in [5.41, 5.74) is 7.38. The van der Waals surface area contributed by atoms with Gasteiger partial charge in [-0.1, -0.05) is 0 Å². The summed E-state index contributed by atoms with van der Waals surface area (Å²) in [7, 11) is 1.89. The van der Waals surface area contributed by atoms with Crippen molar-refractivity contribution in [2.75, 3.05) is 11.9 Å². The smallest absolute Gasteiger partial charge is 0.141 e. The molecule has 2 heterocycles. The molecule has 0 aromatic carbocycles. The molecule has 4 nitrogen and oxygen atoms in total. The highest BCUT2D eigenvalue weighted by molar-refractivity contribution is 5.46. The Hall–Kier alpha value is -1.88. The quantitative estimate of drug-likeness (QED) is 0.902. The fourth-order valence-corrected chi connectivity index (χ4v) is 1.87. The third-order valence-electron chi connectivity index (χ3n) is 2.86. The molecule has 2 aromatic rings. The van der Waals surface area contributed by atoms with Crippen LogP contribution in [-0.2, 0) is 13.1 Å². The summed E-state index contributed by atoms with van der Waals surface area (Å²) < 4.78 is 18.3. The molecular formula is C13H16FN3O. The summed E-state index contributed by atoms with van der Waals surface area (Å²) in [4.78, 5) is 6.03. The van der Waals surface area contributed by atoms with Gasteiger partial charge in [-0.15, -0.1) is 0 Å². The number of pyridine rings is 1. The van der Waals surface area contributed by atoms with Crippen LogP contribution in [0.15, 0.2) is 29.0 Å². The first-order chi connectivity index (χ1) is 8.61. The van der Waals surface area contributed by atoms with E-state index in [1.165, 1.54) is 12.3 Å². The fraction of sp³-hybridized carbons (Fsp3) is 0.308. The van der Waals surface area contributed by atoms with Gasteiger partial charge in [-0.3, -0.25) is 0 Å². The van der Waals surface area contributed by atoms with Crippen LogP contribution >= 0.6 is 0 Å². The largest absolute Gasteiger partial charge is 0.469 e. The standard InChI is InChI=1S/C13H16FN3O/c1-9-10(3-4-18-9)8-17(2)13-11(6-15)5-12(14)7-16-13/h3-5,7H,6,8,15H2,1-2H3. The van der Waals surface area contributed by atoms with Gasteiger partial charge in [0.15, 0.2) is 0 Å². The van der Waals surface area contributed by atoms with Gasteiger partial charge in [-0.2, -0.15) is 0 Å². The maximum absolute atomic E-state index is 13.1. The number of furan rings is 1. The van der Waals surface area contributed by atoms with E-state index in [1.54, 1.807) is 6.26 Å². The second-order valence-corrected chi connectivity index (χ2v) is 4.20. The maximum atomic E-state index is 13.1. The monoisotopic (exact) mass is 249 g/mol. The number of nitrogens with two attached hydrogens (primary N) is 1. The Balaban J connectivity index is 2.23. The molecule has 0 aliphatic rings. The zero-order valence-electron chi connectivity index (χ0n) is 10.5. The minimum absolute atomic E-state index is 0.259. The lowest BCUT2D eigenvalue weighted by Crippen LogP contribution is -2.20. The molecule has 0 unspecified atom stereocenters. The molecule has 2 N–H and O–H groups in total. The second kappa shape index (κ2) is 5.18. The van der Waals surface area contributed by atoms with E-state index in [9.17, 15) is 4.39 Å². The molecule has 0 saturated heterocycles. The summed E-state index contributed by atoms with van der Waals surface area (Å²) in [6, 6.07) is 3.33. The van der Waals surface area contributed by atoms with Crippen LogP contribution in [0, 0.1) is 12.7 Å². The Morgan fingerprint density at radius 1 is 1.44 bits per heavy atom. The van der Waals surface area contributed by atoms with Crippen molar-refractivity contribution in [1.82, 2.24) is 4.98 Å². The Kier molecular flexibility index (Phi) is 3.62. The minimum Gasteiger partial charge on any atom is -0.469 e. The first-order valence-corrected chi connectivity index (χ1v) is 5.70. The van der Waals surface area contributed by atoms with Crippen molar-refractivity contribution in [2.24, 2.45) is 5.73 Å². The highest BCUT2D eigenvalue weighted by Crippen LogP contribution is 2.20. The molecule has 2 rings (SSSR count). The number of aromatic nitrogens is 1. The molecule has 0 amide bonds. The average Bonchev–Trinajstić information content (AvgIpc) is 2.74. The minimum atomic E-state index is -0.368. The van der Waals surface area contributed by atoms with E-state index in [1.807, 2.05) is 24.9 Å². The molecule has 0 radical (unpaired) electrons. The fourth-order valence-electron chi connectivity index (χ4n) is 1.87. The van der Waals surface area contributed by atoms with Gasteiger partial charge in [-0.05, 0) is 19.1 Å². The normalized spacial score (nSPS) is 10.7. The van der Waals surface area contributed by atoms with E-state index in [4.69, 9.17) is 10.2 Å². The molecule has 0 aliphatic heterocycles. The van der Waals surface area contributed by atoms with Crippen LogP contribution < -0.4 is 10.6 Å². The maximum Gasteiger partial charge on any atom is 0.141 e. The van der Waals surface area contributed by atoms with Gasteiger partial charge in [0.2, 0.25) is 0 Å². The van der Waals surface area contributed by atoms with Crippen LogP contribution in [0.1, 0.15) is 16.9 Å². The molecule has 0 spiro atoms. The first kappa shape index (κ1) is 12.6. The Bertz CT molecular complexity index is 539. The van der Waals surface area contributed by atoms with Gasteiger partial charge in [0, 0.05) is 31.3 Å². The molecule has 0 saturated carbocycles. The molecule has 0 bridgehead atoms. The predicted molar refractivity (Wildman–Crippen MR) is 67.6 cm³/mol. The molecule has 96 valence electrons. The van der Waals surface area contributed by atoms with Crippen molar-refractivity contribution in [3.8, 4) is 0 Å². The van der Waals surface area contributed by atoms with Crippen molar-refractivity contribution in [1.29, 1.82) is 0 Å². The molecular weight excluding hydrogens is 233 g/mol. The highest BCUT2D eigenvalue weighted by atomic mass is 19.1. The number of halogens is 1. The highest BCUT2D eigenvalue weighted by Gasteiger charge is 2.11. The van der Waals surface area contributed by atoms with Crippen LogP contribution in [0.5, 0.6) is 0 Å². The number of hydrogen-bond donors (Lipinski definition) is 1. The SMILES string of the molecule is Cc1occc1CN(C)c1ncc(F)cc1CN. The number of anilines is 1. The molecule has 0 atom stereocenters. The zero-order valence-corrected chi connectivity index (χ0v) is 10.5. The van der Waals surface area contributed by atoms with Gasteiger partial charge in [0.05, 0.1) is 12.5 Å². The first-order valence-electron chi connectivity index (χ1n) is 5.70. The molecule has 18 heavy (non-hydrogen) atoms. The summed E-state index contributed by atoms with van der Waals surface area (Å²) in [5.74, 6) is 1.20. The lowest BCUT2D eigenvalue weighted by atomic mass is 10.2. The molecule has 5 heteroatoms.